The lowest BCUT2D eigenvalue weighted by molar-refractivity contribution is -0.138. The molecule has 0 aliphatic carbocycles. The molecule has 3 heterocycles. The van der Waals surface area contributed by atoms with E-state index in [-0.39, 0.29) is 17.6 Å². The number of anilines is 1. The zero-order valence-electron chi connectivity index (χ0n) is 18.5. The van der Waals surface area contributed by atoms with Crippen LogP contribution >= 0.6 is 0 Å². The first-order valence-corrected chi connectivity index (χ1v) is 10.6. The molecular weight excluding hydrogens is 417 g/mol. The molecule has 2 atom stereocenters. The van der Waals surface area contributed by atoms with E-state index in [0.29, 0.717) is 45.0 Å². The van der Waals surface area contributed by atoms with Gasteiger partial charge in [-0.3, -0.25) is 14.5 Å². The minimum atomic E-state index is -0.598. The number of fused-ring (bicyclic) bond motifs is 1. The number of benzene rings is 1. The van der Waals surface area contributed by atoms with Crippen LogP contribution in [0.1, 0.15) is 0 Å². The van der Waals surface area contributed by atoms with Crippen LogP contribution in [0.2, 0.25) is 0 Å². The Hall–Kier alpha value is -3.14. The molecule has 0 saturated carbocycles. The van der Waals surface area contributed by atoms with E-state index in [9.17, 15) is 18.8 Å². The number of piperazine rings is 1. The number of carbonyl (C=O) groups is 3. The molecule has 3 aliphatic rings. The van der Waals surface area contributed by atoms with Crippen LogP contribution < -0.4 is 4.90 Å². The van der Waals surface area contributed by atoms with Crippen molar-refractivity contribution in [2.24, 2.45) is 5.92 Å². The first-order chi connectivity index (χ1) is 15.3. The molecule has 4 rings (SSSR count). The smallest absolute Gasteiger partial charge is 0.327 e. The molecule has 0 spiro atoms. The van der Waals surface area contributed by atoms with Crippen LogP contribution in [0.3, 0.4) is 0 Å². The van der Waals surface area contributed by atoms with Gasteiger partial charge in [0.05, 0.1) is 12.5 Å². The van der Waals surface area contributed by atoms with Crippen molar-refractivity contribution in [3.8, 4) is 0 Å². The summed E-state index contributed by atoms with van der Waals surface area (Å²) >= 11 is 0. The summed E-state index contributed by atoms with van der Waals surface area (Å²) in [6.07, 6.45) is 1.15. The van der Waals surface area contributed by atoms with Crippen LogP contribution in [0, 0.1) is 11.7 Å². The Morgan fingerprint density at radius 2 is 1.75 bits per heavy atom. The molecule has 1 aromatic rings. The van der Waals surface area contributed by atoms with Gasteiger partial charge >= 0.3 is 6.03 Å². The highest BCUT2D eigenvalue weighted by molar-refractivity contribution is 6.02. The fourth-order valence-electron chi connectivity index (χ4n) is 4.62. The third-order valence-corrected chi connectivity index (χ3v) is 6.40. The summed E-state index contributed by atoms with van der Waals surface area (Å²) in [5.41, 5.74) is 1.34. The molecule has 2 fully saturated rings. The minimum absolute atomic E-state index is 0.162. The normalized spacial score (nSPS) is 23.6. The molecule has 9 nitrogen and oxygen atoms in total. The highest BCUT2D eigenvalue weighted by Gasteiger charge is 2.50. The quantitative estimate of drug-likeness (QED) is 0.667. The van der Waals surface area contributed by atoms with E-state index >= 15 is 0 Å². The molecule has 0 radical (unpaired) electrons. The standard InChI is InChI=1S/C22H28FN5O4/c1-24-19-17(20(29)25(2)22(24)31)14-18(28(19)12-13-32-3)21(30)27-10-8-26(9-11-27)16-6-4-15(23)5-7-16/h4-7,14,17,19H,8-13H2,1-3H3. The highest BCUT2D eigenvalue weighted by atomic mass is 19.1. The van der Waals surface area contributed by atoms with E-state index in [4.69, 9.17) is 4.74 Å². The SMILES string of the molecule is COCCN1C(C(=O)N2CCN(c3ccc(F)cc3)CC2)=CC2C(=O)N(C)C(=O)N(C)C21. The number of rotatable bonds is 5. The van der Waals surface area contributed by atoms with Crippen molar-refractivity contribution in [1.82, 2.24) is 19.6 Å². The van der Waals surface area contributed by atoms with Gasteiger partial charge in [0.15, 0.2) is 0 Å². The summed E-state index contributed by atoms with van der Waals surface area (Å²) in [5, 5.41) is 0. The number of halogens is 1. The number of ether oxygens (including phenoxy) is 1. The van der Waals surface area contributed by atoms with Crippen molar-refractivity contribution < 1.29 is 23.5 Å². The van der Waals surface area contributed by atoms with Gasteiger partial charge in [-0.25, -0.2) is 9.18 Å². The maximum Gasteiger partial charge on any atom is 0.327 e. The Balaban J connectivity index is 1.51. The molecule has 0 N–H and O–H groups in total. The molecule has 10 heteroatoms. The maximum atomic E-state index is 13.5. The van der Waals surface area contributed by atoms with Gasteiger partial charge in [0, 0.05) is 59.6 Å². The average Bonchev–Trinajstić information content (AvgIpc) is 3.19. The van der Waals surface area contributed by atoms with Crippen LogP contribution in [-0.4, -0.2) is 104 Å². The fraction of sp³-hybridized carbons (Fsp3) is 0.500. The van der Waals surface area contributed by atoms with Gasteiger partial charge in [0.1, 0.15) is 17.7 Å². The van der Waals surface area contributed by atoms with Gasteiger partial charge in [0.25, 0.3) is 5.91 Å². The van der Waals surface area contributed by atoms with Crippen molar-refractivity contribution in [3.05, 3.63) is 41.9 Å². The maximum absolute atomic E-state index is 13.5. The minimum Gasteiger partial charge on any atom is -0.383 e. The molecular formula is C22H28FN5O4. The second-order valence-corrected chi connectivity index (χ2v) is 8.22. The summed E-state index contributed by atoms with van der Waals surface area (Å²) in [6.45, 7) is 3.00. The summed E-state index contributed by atoms with van der Waals surface area (Å²) in [6, 6.07) is 5.93. The number of amides is 4. The number of nitrogens with zero attached hydrogens (tertiary/aromatic N) is 5. The lowest BCUT2D eigenvalue weighted by atomic mass is 10.0. The van der Waals surface area contributed by atoms with Crippen molar-refractivity contribution in [2.45, 2.75) is 6.17 Å². The molecule has 2 unspecified atom stereocenters. The second-order valence-electron chi connectivity index (χ2n) is 8.22. The molecule has 172 valence electrons. The van der Waals surface area contributed by atoms with Gasteiger partial charge in [-0.15, -0.1) is 0 Å². The lowest BCUT2D eigenvalue weighted by Crippen LogP contribution is -2.62. The van der Waals surface area contributed by atoms with Crippen LogP contribution in [0.15, 0.2) is 36.0 Å². The third-order valence-electron chi connectivity index (χ3n) is 6.40. The predicted molar refractivity (Wildman–Crippen MR) is 115 cm³/mol. The van der Waals surface area contributed by atoms with Crippen molar-refractivity contribution >= 4 is 23.5 Å². The molecule has 0 bridgehead atoms. The van der Waals surface area contributed by atoms with E-state index in [1.54, 1.807) is 37.3 Å². The van der Waals surface area contributed by atoms with E-state index < -0.39 is 18.1 Å². The molecule has 2 saturated heterocycles. The Kier molecular flexibility index (Phi) is 6.05. The third kappa shape index (κ3) is 3.79. The Labute approximate surface area is 186 Å². The first-order valence-electron chi connectivity index (χ1n) is 10.6. The molecule has 4 amide bonds. The number of imide groups is 1. The zero-order valence-corrected chi connectivity index (χ0v) is 18.5. The summed E-state index contributed by atoms with van der Waals surface area (Å²) in [5.74, 6) is -1.36. The van der Waals surface area contributed by atoms with Crippen LogP contribution in [0.25, 0.3) is 0 Å². The molecule has 3 aliphatic heterocycles. The Morgan fingerprint density at radius 3 is 2.38 bits per heavy atom. The first kappa shape index (κ1) is 22.1. The number of hydrogen-bond donors (Lipinski definition) is 0. The van der Waals surface area contributed by atoms with E-state index in [0.717, 1.165) is 10.6 Å². The van der Waals surface area contributed by atoms with Gasteiger partial charge in [-0.05, 0) is 30.3 Å². The molecule has 0 aromatic heterocycles. The summed E-state index contributed by atoms with van der Waals surface area (Å²) < 4.78 is 18.4. The highest BCUT2D eigenvalue weighted by Crippen LogP contribution is 2.35. The van der Waals surface area contributed by atoms with Crippen molar-refractivity contribution in [1.29, 1.82) is 0 Å². The Bertz CT molecular complexity index is 929. The zero-order chi connectivity index (χ0) is 23.0. The number of carbonyl (C=O) groups excluding carboxylic acids is 3. The summed E-state index contributed by atoms with van der Waals surface area (Å²) in [4.78, 5) is 47.0. The predicted octanol–water partition coefficient (Wildman–Crippen LogP) is 0.786. The van der Waals surface area contributed by atoms with Crippen molar-refractivity contribution in [3.63, 3.8) is 0 Å². The van der Waals surface area contributed by atoms with Gasteiger partial charge in [0.2, 0.25) is 5.91 Å². The number of methoxy groups -OCH3 is 1. The number of hydrogen-bond acceptors (Lipinski definition) is 6. The molecule has 1 aromatic carbocycles. The topological polar surface area (TPSA) is 76.6 Å². The summed E-state index contributed by atoms with van der Waals surface area (Å²) in [7, 11) is 4.67. The van der Waals surface area contributed by atoms with E-state index in [2.05, 4.69) is 4.90 Å². The monoisotopic (exact) mass is 445 g/mol. The van der Waals surface area contributed by atoms with Gasteiger partial charge in [-0.2, -0.15) is 0 Å². The van der Waals surface area contributed by atoms with E-state index in [1.165, 1.54) is 24.1 Å². The van der Waals surface area contributed by atoms with Crippen LogP contribution in [0.5, 0.6) is 0 Å². The van der Waals surface area contributed by atoms with Crippen molar-refractivity contribution in [2.75, 3.05) is 65.4 Å². The average molecular weight is 445 g/mol. The van der Waals surface area contributed by atoms with Gasteiger partial charge in [-0.1, -0.05) is 0 Å². The molecule has 32 heavy (non-hydrogen) atoms. The van der Waals surface area contributed by atoms with Crippen LogP contribution in [0.4, 0.5) is 14.9 Å². The second kappa shape index (κ2) is 8.78. The fourth-order valence-corrected chi connectivity index (χ4v) is 4.62. The Morgan fingerprint density at radius 1 is 1.09 bits per heavy atom. The lowest BCUT2D eigenvalue weighted by Gasteiger charge is -2.43. The van der Waals surface area contributed by atoms with E-state index in [1.807, 2.05) is 4.90 Å². The van der Waals surface area contributed by atoms with Gasteiger partial charge < -0.3 is 24.3 Å². The van der Waals surface area contributed by atoms with Crippen LogP contribution in [-0.2, 0) is 14.3 Å². The largest absolute Gasteiger partial charge is 0.383 e. The number of urea groups is 1.